The Balaban J connectivity index is 2.05. The zero-order chi connectivity index (χ0) is 14.2. The molecule has 0 saturated carbocycles. The zero-order valence-corrected chi connectivity index (χ0v) is 11.9. The van der Waals surface area contributed by atoms with Gasteiger partial charge in [0.25, 0.3) is 0 Å². The SMILES string of the molecule is CC1CC(C(=O)N2CCC(C(=O)O)(C(C)C)C2)CO1. The molecule has 3 atom stereocenters. The van der Waals surface area contributed by atoms with Gasteiger partial charge in [-0.2, -0.15) is 0 Å². The van der Waals surface area contributed by atoms with Crippen LogP contribution in [-0.4, -0.2) is 47.7 Å². The molecule has 2 aliphatic rings. The summed E-state index contributed by atoms with van der Waals surface area (Å²) < 4.78 is 5.43. The number of likely N-dealkylation sites (tertiary alicyclic amines) is 1. The maximum atomic E-state index is 12.4. The van der Waals surface area contributed by atoms with Crippen molar-refractivity contribution in [1.82, 2.24) is 4.90 Å². The first-order chi connectivity index (χ1) is 8.86. The predicted octanol–water partition coefficient (Wildman–Crippen LogP) is 1.37. The smallest absolute Gasteiger partial charge is 0.311 e. The van der Waals surface area contributed by atoms with Gasteiger partial charge in [-0.15, -0.1) is 0 Å². The molecule has 0 aromatic carbocycles. The third-order valence-electron chi connectivity index (χ3n) is 4.69. The van der Waals surface area contributed by atoms with Crippen LogP contribution in [0.15, 0.2) is 0 Å². The Hall–Kier alpha value is -1.10. The Morgan fingerprint density at radius 3 is 2.53 bits per heavy atom. The first-order valence-electron chi connectivity index (χ1n) is 7.00. The van der Waals surface area contributed by atoms with E-state index in [1.54, 1.807) is 4.90 Å². The summed E-state index contributed by atoms with van der Waals surface area (Å²) in [6, 6.07) is 0. The molecule has 0 bridgehead atoms. The van der Waals surface area contributed by atoms with Gasteiger partial charge < -0.3 is 14.7 Å². The first-order valence-corrected chi connectivity index (χ1v) is 7.00. The Morgan fingerprint density at radius 2 is 2.11 bits per heavy atom. The molecule has 1 N–H and O–H groups in total. The number of hydrogen-bond donors (Lipinski definition) is 1. The van der Waals surface area contributed by atoms with Crippen molar-refractivity contribution in [2.75, 3.05) is 19.7 Å². The number of rotatable bonds is 3. The molecule has 108 valence electrons. The minimum atomic E-state index is -0.783. The molecule has 2 saturated heterocycles. The van der Waals surface area contributed by atoms with Crippen molar-refractivity contribution in [1.29, 1.82) is 0 Å². The van der Waals surface area contributed by atoms with Gasteiger partial charge in [0.15, 0.2) is 0 Å². The molecule has 5 heteroatoms. The summed E-state index contributed by atoms with van der Waals surface area (Å²) in [5.74, 6) is -0.782. The standard InChI is InChI=1S/C14H23NO4/c1-9(2)14(13(17)18)4-5-15(8-14)12(16)11-6-10(3)19-7-11/h9-11H,4-8H2,1-3H3,(H,17,18). The molecule has 2 rings (SSSR count). The van der Waals surface area contributed by atoms with E-state index in [1.165, 1.54) is 0 Å². The fourth-order valence-corrected chi connectivity index (χ4v) is 3.16. The maximum Gasteiger partial charge on any atom is 0.311 e. The van der Waals surface area contributed by atoms with E-state index in [-0.39, 0.29) is 23.8 Å². The summed E-state index contributed by atoms with van der Waals surface area (Å²) in [7, 11) is 0. The fraction of sp³-hybridized carbons (Fsp3) is 0.857. The van der Waals surface area contributed by atoms with Crippen LogP contribution in [0.2, 0.25) is 0 Å². The number of carboxylic acids is 1. The van der Waals surface area contributed by atoms with E-state index in [4.69, 9.17) is 4.74 Å². The van der Waals surface area contributed by atoms with Crippen molar-refractivity contribution in [2.45, 2.75) is 39.7 Å². The molecular formula is C14H23NO4. The van der Waals surface area contributed by atoms with Crippen molar-refractivity contribution in [3.05, 3.63) is 0 Å². The Kier molecular flexibility index (Phi) is 3.85. The molecule has 2 fully saturated rings. The summed E-state index contributed by atoms with van der Waals surface area (Å²) in [4.78, 5) is 25.6. The summed E-state index contributed by atoms with van der Waals surface area (Å²) >= 11 is 0. The summed E-state index contributed by atoms with van der Waals surface area (Å²) in [5.41, 5.74) is -0.777. The van der Waals surface area contributed by atoms with Gasteiger partial charge in [-0.25, -0.2) is 0 Å². The summed E-state index contributed by atoms with van der Waals surface area (Å²) in [5, 5.41) is 9.48. The highest BCUT2D eigenvalue weighted by atomic mass is 16.5. The van der Waals surface area contributed by atoms with Crippen molar-refractivity contribution in [3.8, 4) is 0 Å². The van der Waals surface area contributed by atoms with Crippen molar-refractivity contribution in [2.24, 2.45) is 17.3 Å². The van der Waals surface area contributed by atoms with Crippen LogP contribution in [0.5, 0.6) is 0 Å². The van der Waals surface area contributed by atoms with Crippen molar-refractivity contribution >= 4 is 11.9 Å². The van der Waals surface area contributed by atoms with Crippen LogP contribution in [0.1, 0.15) is 33.6 Å². The average molecular weight is 269 g/mol. The summed E-state index contributed by atoms with van der Waals surface area (Å²) in [6.45, 7) is 7.16. The number of carbonyl (C=O) groups is 2. The zero-order valence-electron chi connectivity index (χ0n) is 11.9. The van der Waals surface area contributed by atoms with E-state index in [2.05, 4.69) is 0 Å². The highest BCUT2D eigenvalue weighted by molar-refractivity contribution is 5.82. The molecule has 0 aromatic heterocycles. The van der Waals surface area contributed by atoms with Crippen LogP contribution < -0.4 is 0 Å². The van der Waals surface area contributed by atoms with Gasteiger partial charge in [-0.3, -0.25) is 9.59 Å². The van der Waals surface area contributed by atoms with Gasteiger partial charge in [-0.05, 0) is 25.7 Å². The minimum Gasteiger partial charge on any atom is -0.481 e. The highest BCUT2D eigenvalue weighted by Gasteiger charge is 2.49. The van der Waals surface area contributed by atoms with Gasteiger partial charge in [0.1, 0.15) is 0 Å². The largest absolute Gasteiger partial charge is 0.481 e. The van der Waals surface area contributed by atoms with E-state index >= 15 is 0 Å². The van der Waals surface area contributed by atoms with Crippen LogP contribution in [0.4, 0.5) is 0 Å². The first kappa shape index (κ1) is 14.3. The highest BCUT2D eigenvalue weighted by Crippen LogP contribution is 2.39. The van der Waals surface area contributed by atoms with Crippen LogP contribution in [0, 0.1) is 17.3 Å². The third kappa shape index (κ3) is 2.48. The van der Waals surface area contributed by atoms with Crippen molar-refractivity contribution in [3.63, 3.8) is 0 Å². The molecule has 0 aromatic rings. The van der Waals surface area contributed by atoms with E-state index < -0.39 is 11.4 Å². The van der Waals surface area contributed by atoms with Gasteiger partial charge in [0.2, 0.25) is 5.91 Å². The molecule has 1 amide bonds. The number of ether oxygens (including phenoxy) is 1. The number of hydrogen-bond acceptors (Lipinski definition) is 3. The second-order valence-corrected chi connectivity index (χ2v) is 6.20. The molecule has 0 aliphatic carbocycles. The number of nitrogens with zero attached hydrogens (tertiary/aromatic N) is 1. The lowest BCUT2D eigenvalue weighted by molar-refractivity contribution is -0.151. The topological polar surface area (TPSA) is 66.8 Å². The lowest BCUT2D eigenvalue weighted by atomic mass is 9.76. The Bertz CT molecular complexity index is 382. The second kappa shape index (κ2) is 5.12. The quantitative estimate of drug-likeness (QED) is 0.840. The second-order valence-electron chi connectivity index (χ2n) is 6.20. The van der Waals surface area contributed by atoms with Gasteiger partial charge in [-0.1, -0.05) is 13.8 Å². The Morgan fingerprint density at radius 1 is 1.42 bits per heavy atom. The van der Waals surface area contributed by atoms with E-state index in [0.717, 1.165) is 6.42 Å². The van der Waals surface area contributed by atoms with Crippen LogP contribution in [0.3, 0.4) is 0 Å². The lowest BCUT2D eigenvalue weighted by Crippen LogP contribution is -2.42. The number of aliphatic carboxylic acids is 1. The average Bonchev–Trinajstić information content (AvgIpc) is 2.94. The lowest BCUT2D eigenvalue weighted by Gasteiger charge is -2.29. The fourth-order valence-electron chi connectivity index (χ4n) is 3.16. The number of carboxylic acid groups (broad SMARTS) is 1. The Labute approximate surface area is 113 Å². The monoisotopic (exact) mass is 269 g/mol. The van der Waals surface area contributed by atoms with Gasteiger partial charge in [0, 0.05) is 13.1 Å². The van der Waals surface area contributed by atoms with E-state index in [1.807, 2.05) is 20.8 Å². The minimum absolute atomic E-state index is 0.0292. The predicted molar refractivity (Wildman–Crippen MR) is 69.6 cm³/mol. The van der Waals surface area contributed by atoms with Gasteiger partial charge >= 0.3 is 5.97 Å². The number of carbonyl (C=O) groups excluding carboxylic acids is 1. The molecule has 0 radical (unpaired) electrons. The molecule has 2 heterocycles. The molecule has 5 nitrogen and oxygen atoms in total. The van der Waals surface area contributed by atoms with Crippen LogP contribution in [-0.2, 0) is 14.3 Å². The molecule has 3 unspecified atom stereocenters. The maximum absolute atomic E-state index is 12.4. The number of amides is 1. The summed E-state index contributed by atoms with van der Waals surface area (Å²) in [6.07, 6.45) is 1.43. The third-order valence-corrected chi connectivity index (χ3v) is 4.69. The normalized spacial score (nSPS) is 35.1. The molecule has 0 spiro atoms. The van der Waals surface area contributed by atoms with Crippen LogP contribution >= 0.6 is 0 Å². The molecule has 19 heavy (non-hydrogen) atoms. The van der Waals surface area contributed by atoms with E-state index in [9.17, 15) is 14.7 Å². The molecule has 2 aliphatic heterocycles. The van der Waals surface area contributed by atoms with Crippen LogP contribution in [0.25, 0.3) is 0 Å². The van der Waals surface area contributed by atoms with E-state index in [0.29, 0.717) is 26.1 Å². The van der Waals surface area contributed by atoms with Crippen molar-refractivity contribution < 1.29 is 19.4 Å². The van der Waals surface area contributed by atoms with Gasteiger partial charge in [0.05, 0.1) is 24.0 Å². The molecular weight excluding hydrogens is 246 g/mol.